The van der Waals surface area contributed by atoms with Gasteiger partial charge in [-0.2, -0.15) is 0 Å². The van der Waals surface area contributed by atoms with Crippen LogP contribution < -0.4 is 15.5 Å². The molecular formula is C29H29N5OS. The number of thiocarbonyl (C=S) groups is 1. The minimum atomic E-state index is -0.143. The van der Waals surface area contributed by atoms with Crippen molar-refractivity contribution >= 4 is 34.6 Å². The lowest BCUT2D eigenvalue weighted by atomic mass is 10.00. The van der Waals surface area contributed by atoms with Crippen molar-refractivity contribution < 1.29 is 4.79 Å². The van der Waals surface area contributed by atoms with E-state index in [0.717, 1.165) is 39.7 Å². The fourth-order valence-corrected chi connectivity index (χ4v) is 5.18. The molecule has 5 rings (SSSR count). The summed E-state index contributed by atoms with van der Waals surface area (Å²) in [6.45, 7) is 5.97. The second-order valence-corrected chi connectivity index (χ2v) is 9.35. The zero-order valence-corrected chi connectivity index (χ0v) is 21.4. The Balaban J connectivity index is 1.64. The molecule has 0 saturated carbocycles. The Labute approximate surface area is 217 Å². The van der Waals surface area contributed by atoms with E-state index in [1.54, 1.807) is 0 Å². The van der Waals surface area contributed by atoms with E-state index in [-0.39, 0.29) is 18.0 Å². The lowest BCUT2D eigenvalue weighted by Gasteiger charge is -2.30. The van der Waals surface area contributed by atoms with Crippen LogP contribution >= 0.6 is 12.2 Å². The van der Waals surface area contributed by atoms with Crippen LogP contribution in [-0.4, -0.2) is 20.6 Å². The van der Waals surface area contributed by atoms with Crippen LogP contribution in [0.15, 0.2) is 85.1 Å². The molecule has 0 unspecified atom stereocenters. The van der Waals surface area contributed by atoms with Crippen LogP contribution in [0, 0.1) is 13.8 Å². The predicted molar refractivity (Wildman–Crippen MR) is 149 cm³/mol. The largest absolute Gasteiger partial charge is 0.351 e. The van der Waals surface area contributed by atoms with Crippen molar-refractivity contribution in [2.24, 2.45) is 0 Å². The summed E-state index contributed by atoms with van der Waals surface area (Å²) in [6, 6.07) is 26.4. The molecule has 6 nitrogen and oxygen atoms in total. The number of anilines is 2. The van der Waals surface area contributed by atoms with Crippen molar-refractivity contribution in [2.45, 2.75) is 39.3 Å². The number of aryl methyl sites for hydroxylation is 2. The van der Waals surface area contributed by atoms with Gasteiger partial charge in [0.25, 0.3) is 0 Å². The maximum Gasteiger partial charge on any atom is 0.224 e. The van der Waals surface area contributed by atoms with Gasteiger partial charge in [0, 0.05) is 41.1 Å². The maximum absolute atomic E-state index is 12.0. The van der Waals surface area contributed by atoms with Crippen LogP contribution in [0.1, 0.15) is 48.1 Å². The van der Waals surface area contributed by atoms with Gasteiger partial charge in [-0.1, -0.05) is 31.2 Å². The Bertz CT molecular complexity index is 1400. The summed E-state index contributed by atoms with van der Waals surface area (Å²) >= 11 is 5.92. The molecule has 2 aromatic carbocycles. The predicted octanol–water partition coefficient (Wildman–Crippen LogP) is 6.01. The number of amides is 1. The van der Waals surface area contributed by atoms with Crippen molar-refractivity contribution in [3.63, 3.8) is 0 Å². The van der Waals surface area contributed by atoms with E-state index in [1.807, 2.05) is 56.4 Å². The standard InChI is InChI=1S/C29H29N5OS/c1-4-26(35)31-23-15-14-22(18-19(23)2)34-28(27(32-29(34)36)24-12-8-9-17-30-24)25-16-13-20(3)33(25)21-10-6-5-7-11-21/h5-18,27-28H,4H2,1-3H3,(H,31,35)(H,32,36)/t27-,28-/m1/s1. The first-order valence-electron chi connectivity index (χ1n) is 12.1. The topological polar surface area (TPSA) is 62.2 Å². The second kappa shape index (κ2) is 9.95. The van der Waals surface area contributed by atoms with Crippen LogP contribution in [0.2, 0.25) is 0 Å². The molecule has 1 saturated heterocycles. The van der Waals surface area contributed by atoms with E-state index in [4.69, 9.17) is 12.2 Å². The molecule has 2 aromatic heterocycles. The Morgan fingerprint density at radius 3 is 2.47 bits per heavy atom. The first kappa shape index (κ1) is 23.8. The quantitative estimate of drug-likeness (QED) is 0.321. The Morgan fingerprint density at radius 2 is 1.78 bits per heavy atom. The molecule has 1 amide bonds. The van der Waals surface area contributed by atoms with E-state index < -0.39 is 0 Å². The highest BCUT2D eigenvalue weighted by molar-refractivity contribution is 7.80. The van der Waals surface area contributed by atoms with Gasteiger partial charge >= 0.3 is 0 Å². The number of benzene rings is 2. The van der Waals surface area contributed by atoms with Gasteiger partial charge in [-0.15, -0.1) is 0 Å². The lowest BCUT2D eigenvalue weighted by Crippen LogP contribution is -2.30. The summed E-state index contributed by atoms with van der Waals surface area (Å²) in [4.78, 5) is 18.8. The SMILES string of the molecule is CCC(=O)Nc1ccc(N2C(=S)N[C@H](c3ccccn3)[C@H]2c2ccc(C)n2-c2ccccc2)cc1C. The van der Waals surface area contributed by atoms with Gasteiger partial charge in [0.1, 0.15) is 6.04 Å². The number of hydrogen-bond acceptors (Lipinski definition) is 3. The van der Waals surface area contributed by atoms with E-state index in [9.17, 15) is 4.79 Å². The summed E-state index contributed by atoms with van der Waals surface area (Å²) in [7, 11) is 0. The fraction of sp³-hybridized carbons (Fsp3) is 0.207. The molecule has 3 heterocycles. The van der Waals surface area contributed by atoms with Crippen molar-refractivity contribution in [1.29, 1.82) is 0 Å². The van der Waals surface area contributed by atoms with Gasteiger partial charge in [0.15, 0.2) is 5.11 Å². The molecule has 36 heavy (non-hydrogen) atoms. The number of para-hydroxylation sites is 1. The Morgan fingerprint density at radius 1 is 1.00 bits per heavy atom. The third-order valence-electron chi connectivity index (χ3n) is 6.61. The number of pyridine rings is 1. The Hall–Kier alpha value is -3.97. The zero-order chi connectivity index (χ0) is 25.2. The molecule has 4 aromatic rings. The average Bonchev–Trinajstić information content (AvgIpc) is 3.45. The molecule has 0 aliphatic carbocycles. The summed E-state index contributed by atoms with van der Waals surface area (Å²) in [5.74, 6) is -0.00605. The number of rotatable bonds is 6. The average molecular weight is 496 g/mol. The van der Waals surface area contributed by atoms with Crippen LogP contribution in [0.5, 0.6) is 0 Å². The highest BCUT2D eigenvalue weighted by atomic mass is 32.1. The normalized spacial score (nSPS) is 17.2. The minimum Gasteiger partial charge on any atom is -0.351 e. The molecule has 0 spiro atoms. The molecule has 1 aliphatic heterocycles. The monoisotopic (exact) mass is 495 g/mol. The van der Waals surface area contributed by atoms with Gasteiger partial charge in [-0.25, -0.2) is 0 Å². The summed E-state index contributed by atoms with van der Waals surface area (Å²) < 4.78 is 2.28. The molecule has 2 N–H and O–H groups in total. The van der Waals surface area contributed by atoms with Gasteiger partial charge in [0.05, 0.1) is 11.7 Å². The fourth-order valence-electron chi connectivity index (χ4n) is 4.83. The van der Waals surface area contributed by atoms with Crippen molar-refractivity contribution in [1.82, 2.24) is 14.9 Å². The van der Waals surface area contributed by atoms with Gasteiger partial charge in [0.2, 0.25) is 5.91 Å². The minimum absolute atomic E-state index is 0.00605. The summed E-state index contributed by atoms with van der Waals surface area (Å²) in [5, 5.41) is 7.16. The van der Waals surface area contributed by atoms with Crippen molar-refractivity contribution in [2.75, 3.05) is 10.2 Å². The Kier molecular flexibility index (Phi) is 6.57. The van der Waals surface area contributed by atoms with Gasteiger partial charge < -0.3 is 20.1 Å². The molecular weight excluding hydrogens is 466 g/mol. The number of hydrogen-bond donors (Lipinski definition) is 2. The molecule has 1 aliphatic rings. The number of nitrogens with zero attached hydrogens (tertiary/aromatic N) is 3. The maximum atomic E-state index is 12.0. The molecule has 0 radical (unpaired) electrons. The summed E-state index contributed by atoms with van der Waals surface area (Å²) in [6.07, 6.45) is 2.25. The van der Waals surface area contributed by atoms with E-state index in [0.29, 0.717) is 11.5 Å². The van der Waals surface area contributed by atoms with E-state index in [2.05, 4.69) is 74.5 Å². The van der Waals surface area contributed by atoms with E-state index >= 15 is 0 Å². The molecule has 2 atom stereocenters. The van der Waals surface area contributed by atoms with Gasteiger partial charge in [-0.3, -0.25) is 9.78 Å². The number of aromatic nitrogens is 2. The van der Waals surface area contributed by atoms with Crippen LogP contribution in [0.3, 0.4) is 0 Å². The first-order chi connectivity index (χ1) is 17.5. The van der Waals surface area contributed by atoms with Crippen LogP contribution in [-0.2, 0) is 4.79 Å². The highest BCUT2D eigenvalue weighted by Crippen LogP contribution is 2.43. The zero-order valence-electron chi connectivity index (χ0n) is 20.6. The third-order valence-corrected chi connectivity index (χ3v) is 6.92. The number of carbonyl (C=O) groups is 1. The molecule has 7 heteroatoms. The first-order valence-corrected chi connectivity index (χ1v) is 12.5. The van der Waals surface area contributed by atoms with Crippen molar-refractivity contribution in [3.8, 4) is 5.69 Å². The van der Waals surface area contributed by atoms with Crippen LogP contribution in [0.25, 0.3) is 5.69 Å². The highest BCUT2D eigenvalue weighted by Gasteiger charge is 2.42. The lowest BCUT2D eigenvalue weighted by molar-refractivity contribution is -0.115. The number of carbonyl (C=O) groups excluding carboxylic acids is 1. The summed E-state index contributed by atoms with van der Waals surface area (Å²) in [5.41, 5.74) is 7.03. The second-order valence-electron chi connectivity index (χ2n) is 8.97. The number of nitrogens with one attached hydrogen (secondary N) is 2. The molecule has 182 valence electrons. The third kappa shape index (κ3) is 4.38. The van der Waals surface area contributed by atoms with Gasteiger partial charge in [-0.05, 0) is 86.2 Å². The van der Waals surface area contributed by atoms with E-state index in [1.165, 1.54) is 0 Å². The molecule has 1 fully saturated rings. The molecule has 0 bridgehead atoms. The van der Waals surface area contributed by atoms with Crippen LogP contribution in [0.4, 0.5) is 11.4 Å². The smallest absolute Gasteiger partial charge is 0.224 e. The van der Waals surface area contributed by atoms with Crippen molar-refractivity contribution in [3.05, 3.63) is 108 Å².